The average Bonchev–Trinajstić information content (AvgIpc) is 3.53. The monoisotopic (exact) mass is 471 g/mol. The lowest BCUT2D eigenvalue weighted by Gasteiger charge is -2.31. The molecule has 34 heavy (non-hydrogen) atoms. The zero-order chi connectivity index (χ0) is 23.8. The van der Waals surface area contributed by atoms with Crippen LogP contribution in [0.3, 0.4) is 0 Å². The molecule has 4 rings (SSSR count). The largest absolute Gasteiger partial charge is 0.467 e. The van der Waals surface area contributed by atoms with E-state index in [0.29, 0.717) is 56.5 Å². The van der Waals surface area contributed by atoms with E-state index in [9.17, 15) is 9.59 Å². The molecule has 2 aliphatic heterocycles. The number of benzene rings is 1. The first kappa shape index (κ1) is 24.1. The van der Waals surface area contributed by atoms with Crippen LogP contribution in [0.2, 0.25) is 0 Å². The van der Waals surface area contributed by atoms with Crippen molar-refractivity contribution >= 4 is 11.8 Å². The number of fused-ring (bicyclic) bond motifs is 1. The highest BCUT2D eigenvalue weighted by Crippen LogP contribution is 2.33. The van der Waals surface area contributed by atoms with Crippen LogP contribution in [0.5, 0.6) is 11.5 Å². The van der Waals surface area contributed by atoms with Gasteiger partial charge in [0.15, 0.2) is 11.5 Å². The summed E-state index contributed by atoms with van der Waals surface area (Å²) in [5.41, 5.74) is 0.920. The fraction of sp³-hybridized carbons (Fsp3) is 0.520. The fourth-order valence-corrected chi connectivity index (χ4v) is 4.10. The summed E-state index contributed by atoms with van der Waals surface area (Å²) in [5, 5.41) is 0. The smallest absolute Gasteiger partial charge is 0.242 e. The SMILES string of the molecule is CCCC(=O)N(CCN1CCOCC1)CC(=O)N(Cc1ccc2c(c1)OCO2)Cc1ccco1. The maximum Gasteiger partial charge on any atom is 0.242 e. The summed E-state index contributed by atoms with van der Waals surface area (Å²) >= 11 is 0. The third-order valence-electron chi connectivity index (χ3n) is 6.02. The molecule has 2 aromatic rings. The zero-order valence-corrected chi connectivity index (χ0v) is 19.7. The van der Waals surface area contributed by atoms with E-state index in [2.05, 4.69) is 4.90 Å². The van der Waals surface area contributed by atoms with Crippen molar-refractivity contribution in [2.45, 2.75) is 32.9 Å². The highest BCUT2D eigenvalue weighted by atomic mass is 16.7. The van der Waals surface area contributed by atoms with Gasteiger partial charge in [-0.25, -0.2) is 0 Å². The van der Waals surface area contributed by atoms with E-state index >= 15 is 0 Å². The van der Waals surface area contributed by atoms with E-state index in [0.717, 1.165) is 31.6 Å². The van der Waals surface area contributed by atoms with Gasteiger partial charge in [-0.3, -0.25) is 14.5 Å². The van der Waals surface area contributed by atoms with Gasteiger partial charge in [-0.05, 0) is 36.2 Å². The molecule has 184 valence electrons. The molecule has 2 amide bonds. The first-order valence-electron chi connectivity index (χ1n) is 11.9. The van der Waals surface area contributed by atoms with Crippen LogP contribution in [-0.2, 0) is 27.4 Å². The molecule has 0 N–H and O–H groups in total. The number of amides is 2. The Labute approximate surface area is 200 Å². The highest BCUT2D eigenvalue weighted by Gasteiger charge is 2.24. The van der Waals surface area contributed by atoms with Crippen LogP contribution in [0, 0.1) is 0 Å². The second kappa shape index (κ2) is 11.9. The molecule has 3 heterocycles. The molecule has 9 heteroatoms. The summed E-state index contributed by atoms with van der Waals surface area (Å²) in [6.07, 6.45) is 2.77. The Morgan fingerprint density at radius 3 is 2.59 bits per heavy atom. The normalized spacial score (nSPS) is 15.3. The third-order valence-corrected chi connectivity index (χ3v) is 6.02. The van der Waals surface area contributed by atoms with Gasteiger partial charge in [0.05, 0.1) is 32.6 Å². The molecule has 2 aliphatic rings. The number of morpholine rings is 1. The van der Waals surface area contributed by atoms with Gasteiger partial charge in [-0.1, -0.05) is 13.0 Å². The molecule has 1 fully saturated rings. The lowest BCUT2D eigenvalue weighted by molar-refractivity contribution is -0.141. The maximum absolute atomic E-state index is 13.5. The molecule has 9 nitrogen and oxygen atoms in total. The molecular weight excluding hydrogens is 438 g/mol. The van der Waals surface area contributed by atoms with Crippen molar-refractivity contribution in [1.29, 1.82) is 0 Å². The Hall–Kier alpha value is -3.04. The van der Waals surface area contributed by atoms with E-state index in [4.69, 9.17) is 18.6 Å². The summed E-state index contributed by atoms with van der Waals surface area (Å²) in [5.74, 6) is 1.94. The predicted molar refractivity (Wildman–Crippen MR) is 124 cm³/mol. The highest BCUT2D eigenvalue weighted by molar-refractivity contribution is 5.84. The van der Waals surface area contributed by atoms with Crippen LogP contribution in [0.1, 0.15) is 31.1 Å². The van der Waals surface area contributed by atoms with Gasteiger partial charge in [0.25, 0.3) is 0 Å². The molecule has 0 spiro atoms. The minimum atomic E-state index is -0.125. The quantitative estimate of drug-likeness (QED) is 0.498. The lowest BCUT2D eigenvalue weighted by atomic mass is 10.1. The lowest BCUT2D eigenvalue weighted by Crippen LogP contribution is -2.47. The summed E-state index contributed by atoms with van der Waals surface area (Å²) in [4.78, 5) is 32.0. The first-order chi connectivity index (χ1) is 16.6. The summed E-state index contributed by atoms with van der Waals surface area (Å²) < 4.78 is 21.8. The Bertz CT molecular complexity index is 942. The minimum Gasteiger partial charge on any atom is -0.467 e. The van der Waals surface area contributed by atoms with Crippen molar-refractivity contribution < 1.29 is 28.2 Å². The topological polar surface area (TPSA) is 84.7 Å². The van der Waals surface area contributed by atoms with E-state index in [1.165, 1.54) is 0 Å². The molecule has 1 aromatic heterocycles. The Kier molecular flexibility index (Phi) is 8.43. The molecular formula is C25H33N3O6. The summed E-state index contributed by atoms with van der Waals surface area (Å²) in [6, 6.07) is 9.32. The van der Waals surface area contributed by atoms with Crippen molar-refractivity contribution in [3.63, 3.8) is 0 Å². The molecule has 0 radical (unpaired) electrons. The van der Waals surface area contributed by atoms with Crippen LogP contribution in [0.4, 0.5) is 0 Å². The predicted octanol–water partition coefficient (Wildman–Crippen LogP) is 2.50. The number of carbonyl (C=O) groups is 2. The Morgan fingerprint density at radius 2 is 1.82 bits per heavy atom. The Balaban J connectivity index is 1.45. The zero-order valence-electron chi connectivity index (χ0n) is 19.7. The third kappa shape index (κ3) is 6.51. The maximum atomic E-state index is 13.5. The second-order valence-electron chi connectivity index (χ2n) is 8.54. The number of carbonyl (C=O) groups excluding carboxylic acids is 2. The van der Waals surface area contributed by atoms with E-state index < -0.39 is 0 Å². The summed E-state index contributed by atoms with van der Waals surface area (Å²) in [7, 11) is 0. The molecule has 0 saturated carbocycles. The molecule has 1 saturated heterocycles. The van der Waals surface area contributed by atoms with E-state index in [-0.39, 0.29) is 25.2 Å². The number of hydrogen-bond acceptors (Lipinski definition) is 7. The molecule has 1 aromatic carbocycles. The van der Waals surface area contributed by atoms with Crippen molar-refractivity contribution in [2.75, 3.05) is 52.7 Å². The molecule has 0 bridgehead atoms. The van der Waals surface area contributed by atoms with Crippen molar-refractivity contribution in [2.24, 2.45) is 0 Å². The molecule has 0 unspecified atom stereocenters. The van der Waals surface area contributed by atoms with Gasteiger partial charge in [-0.2, -0.15) is 0 Å². The number of rotatable bonds is 11. The standard InChI is InChI=1S/C25H33N3O6/c1-2-4-24(29)27(9-8-26-10-13-31-14-11-26)18-25(30)28(17-21-5-3-12-32-21)16-20-6-7-22-23(15-20)34-19-33-22/h3,5-7,12,15H,2,4,8-11,13-14,16-19H2,1H3. The van der Waals surface area contributed by atoms with Gasteiger partial charge in [-0.15, -0.1) is 0 Å². The van der Waals surface area contributed by atoms with Crippen molar-refractivity contribution in [1.82, 2.24) is 14.7 Å². The van der Waals surface area contributed by atoms with E-state index in [1.807, 2.05) is 31.2 Å². The van der Waals surface area contributed by atoms with Gasteiger partial charge in [0.1, 0.15) is 5.76 Å². The van der Waals surface area contributed by atoms with E-state index in [1.54, 1.807) is 22.1 Å². The fourth-order valence-electron chi connectivity index (χ4n) is 4.10. The van der Waals surface area contributed by atoms with Crippen LogP contribution < -0.4 is 9.47 Å². The second-order valence-corrected chi connectivity index (χ2v) is 8.54. The van der Waals surface area contributed by atoms with Gasteiger partial charge in [0, 0.05) is 39.1 Å². The van der Waals surface area contributed by atoms with Crippen molar-refractivity contribution in [3.05, 3.63) is 47.9 Å². The average molecular weight is 472 g/mol. The van der Waals surface area contributed by atoms with Crippen molar-refractivity contribution in [3.8, 4) is 11.5 Å². The van der Waals surface area contributed by atoms with Gasteiger partial charge >= 0.3 is 0 Å². The minimum absolute atomic E-state index is 0.00476. The van der Waals surface area contributed by atoms with Crippen LogP contribution in [0.25, 0.3) is 0 Å². The van der Waals surface area contributed by atoms with Gasteiger partial charge < -0.3 is 28.4 Å². The first-order valence-corrected chi connectivity index (χ1v) is 11.9. The number of ether oxygens (including phenoxy) is 3. The summed E-state index contributed by atoms with van der Waals surface area (Å²) in [6.45, 7) is 7.24. The number of hydrogen-bond donors (Lipinski definition) is 0. The Morgan fingerprint density at radius 1 is 1.00 bits per heavy atom. The molecule has 0 aliphatic carbocycles. The van der Waals surface area contributed by atoms with Gasteiger partial charge in [0.2, 0.25) is 18.6 Å². The van der Waals surface area contributed by atoms with Crippen LogP contribution in [-0.4, -0.2) is 79.2 Å². The number of furan rings is 1. The molecule has 0 atom stereocenters. The van der Waals surface area contributed by atoms with Crippen LogP contribution in [0.15, 0.2) is 41.0 Å². The number of nitrogens with zero attached hydrogens (tertiary/aromatic N) is 3. The van der Waals surface area contributed by atoms with Crippen LogP contribution >= 0.6 is 0 Å².